The summed E-state index contributed by atoms with van der Waals surface area (Å²) >= 11 is 3.53. The van der Waals surface area contributed by atoms with E-state index in [2.05, 4.69) is 58.2 Å². The smallest absolute Gasteiger partial charge is 0.0214 e. The van der Waals surface area contributed by atoms with E-state index in [1.165, 1.54) is 15.6 Å². The van der Waals surface area contributed by atoms with Crippen LogP contribution in [0.25, 0.3) is 0 Å². The summed E-state index contributed by atoms with van der Waals surface area (Å²) in [6.07, 6.45) is 0.920. The van der Waals surface area contributed by atoms with Crippen LogP contribution >= 0.6 is 15.9 Å². The molecule has 1 aromatic rings. The molecule has 0 amide bonds. The maximum Gasteiger partial charge on any atom is 0.0214 e. The third kappa shape index (κ3) is 4.51. The first-order valence-corrected chi connectivity index (χ1v) is 5.88. The zero-order chi connectivity index (χ0) is 11.1. The third-order valence-electron chi connectivity index (χ3n) is 2.17. The van der Waals surface area contributed by atoms with E-state index in [0.29, 0.717) is 0 Å². The lowest BCUT2D eigenvalue weighted by Gasteiger charge is -2.05. The van der Waals surface area contributed by atoms with Crippen molar-refractivity contribution in [1.29, 1.82) is 0 Å². The van der Waals surface area contributed by atoms with Crippen molar-refractivity contribution in [3.63, 3.8) is 0 Å². The zero-order valence-electron chi connectivity index (χ0n) is 9.23. The van der Waals surface area contributed by atoms with Crippen molar-refractivity contribution in [3.05, 3.63) is 33.8 Å². The Morgan fingerprint density at radius 2 is 2.20 bits per heavy atom. The molecular formula is C13H16BrN. The summed E-state index contributed by atoms with van der Waals surface area (Å²) in [6.45, 7) is 5.83. The van der Waals surface area contributed by atoms with Crippen LogP contribution in [0.2, 0.25) is 0 Å². The van der Waals surface area contributed by atoms with Gasteiger partial charge < -0.3 is 5.32 Å². The molecule has 0 spiro atoms. The van der Waals surface area contributed by atoms with Gasteiger partial charge in [0.25, 0.3) is 0 Å². The molecule has 2 heteroatoms. The summed E-state index contributed by atoms with van der Waals surface area (Å²) < 4.78 is 1.18. The van der Waals surface area contributed by atoms with Crippen molar-refractivity contribution < 1.29 is 0 Å². The molecule has 15 heavy (non-hydrogen) atoms. The highest BCUT2D eigenvalue weighted by Gasteiger charge is 1.96. The van der Waals surface area contributed by atoms with E-state index in [-0.39, 0.29) is 0 Å². The minimum absolute atomic E-state index is 0.907. The number of nitrogens with one attached hydrogen (secondary N) is 1. The van der Waals surface area contributed by atoms with Gasteiger partial charge in [-0.3, -0.25) is 0 Å². The van der Waals surface area contributed by atoms with Crippen molar-refractivity contribution >= 4 is 15.9 Å². The van der Waals surface area contributed by atoms with Gasteiger partial charge >= 0.3 is 0 Å². The van der Waals surface area contributed by atoms with Gasteiger partial charge in [-0.2, -0.15) is 0 Å². The molecule has 0 heterocycles. The highest BCUT2D eigenvalue weighted by molar-refractivity contribution is 9.10. The van der Waals surface area contributed by atoms with Crippen LogP contribution in [0, 0.1) is 18.8 Å². The van der Waals surface area contributed by atoms with Crippen LogP contribution in [0.15, 0.2) is 22.7 Å². The number of aryl methyl sites for hydroxylation is 1. The lowest BCUT2D eigenvalue weighted by atomic mass is 10.1. The first-order chi connectivity index (χ1) is 7.24. The van der Waals surface area contributed by atoms with Gasteiger partial charge in [-0.05, 0) is 31.0 Å². The normalized spacial score (nSPS) is 9.53. The summed E-state index contributed by atoms with van der Waals surface area (Å²) in [6, 6.07) is 6.44. The summed E-state index contributed by atoms with van der Waals surface area (Å²) in [5.41, 5.74) is 2.58. The molecule has 1 aromatic carbocycles. The Labute approximate surface area is 100 Å². The van der Waals surface area contributed by atoms with Crippen LogP contribution in [-0.2, 0) is 6.54 Å². The number of halogens is 1. The standard InChI is InChI=1S/C13H16BrN/c1-3-4-5-8-15-10-12-7-6-11(2)13(14)9-12/h6-7,9,15H,5,8,10H2,1-2H3. The number of hydrogen-bond donors (Lipinski definition) is 1. The molecular weight excluding hydrogens is 250 g/mol. The predicted octanol–water partition coefficient (Wildman–Crippen LogP) is 3.26. The molecule has 0 unspecified atom stereocenters. The summed E-state index contributed by atoms with van der Waals surface area (Å²) in [5, 5.41) is 3.36. The Kier molecular flexibility index (Phi) is 5.45. The highest BCUT2D eigenvalue weighted by atomic mass is 79.9. The van der Waals surface area contributed by atoms with Gasteiger partial charge in [0.2, 0.25) is 0 Å². The molecule has 0 atom stereocenters. The van der Waals surface area contributed by atoms with Crippen molar-refractivity contribution in [3.8, 4) is 11.8 Å². The summed E-state index contributed by atoms with van der Waals surface area (Å²) in [7, 11) is 0. The van der Waals surface area contributed by atoms with Gasteiger partial charge in [0.15, 0.2) is 0 Å². The largest absolute Gasteiger partial charge is 0.312 e. The van der Waals surface area contributed by atoms with Crippen LogP contribution in [0.3, 0.4) is 0 Å². The first kappa shape index (κ1) is 12.3. The van der Waals surface area contributed by atoms with E-state index in [4.69, 9.17) is 0 Å². The molecule has 0 saturated heterocycles. The second-order valence-corrected chi connectivity index (χ2v) is 4.29. The van der Waals surface area contributed by atoms with Gasteiger partial charge in [-0.25, -0.2) is 0 Å². The van der Waals surface area contributed by atoms with E-state index >= 15 is 0 Å². The monoisotopic (exact) mass is 265 g/mol. The van der Waals surface area contributed by atoms with Gasteiger partial charge in [0.05, 0.1) is 0 Å². The zero-order valence-corrected chi connectivity index (χ0v) is 10.8. The second kappa shape index (κ2) is 6.66. The second-order valence-electron chi connectivity index (χ2n) is 3.44. The van der Waals surface area contributed by atoms with Crippen molar-refractivity contribution in [2.24, 2.45) is 0 Å². The van der Waals surface area contributed by atoms with Crippen LogP contribution in [-0.4, -0.2) is 6.54 Å². The topological polar surface area (TPSA) is 12.0 Å². The fraction of sp³-hybridized carbons (Fsp3) is 0.385. The minimum Gasteiger partial charge on any atom is -0.312 e. The third-order valence-corrected chi connectivity index (χ3v) is 3.02. The number of hydrogen-bond acceptors (Lipinski definition) is 1. The average molecular weight is 266 g/mol. The van der Waals surface area contributed by atoms with Crippen LogP contribution in [0.5, 0.6) is 0 Å². The van der Waals surface area contributed by atoms with E-state index in [1.54, 1.807) is 0 Å². The SMILES string of the molecule is CC#CCCNCc1ccc(C)c(Br)c1. The molecule has 0 fully saturated rings. The average Bonchev–Trinajstić information content (AvgIpc) is 2.23. The van der Waals surface area contributed by atoms with Crippen LogP contribution in [0.1, 0.15) is 24.5 Å². The Morgan fingerprint density at radius 1 is 1.40 bits per heavy atom. The minimum atomic E-state index is 0.907. The molecule has 1 nitrogen and oxygen atoms in total. The lowest BCUT2D eigenvalue weighted by Crippen LogP contribution is -2.14. The molecule has 0 aliphatic heterocycles. The molecule has 0 radical (unpaired) electrons. The van der Waals surface area contributed by atoms with E-state index in [9.17, 15) is 0 Å². The van der Waals surface area contributed by atoms with Crippen molar-refractivity contribution in [2.45, 2.75) is 26.8 Å². The fourth-order valence-corrected chi connectivity index (χ4v) is 1.68. The molecule has 0 saturated carbocycles. The molecule has 0 aromatic heterocycles. The molecule has 1 N–H and O–H groups in total. The summed E-state index contributed by atoms with van der Waals surface area (Å²) in [5.74, 6) is 5.92. The Morgan fingerprint density at radius 3 is 2.87 bits per heavy atom. The fourth-order valence-electron chi connectivity index (χ4n) is 1.25. The van der Waals surface area contributed by atoms with E-state index in [1.807, 2.05) is 6.92 Å². The first-order valence-electron chi connectivity index (χ1n) is 5.09. The van der Waals surface area contributed by atoms with Crippen molar-refractivity contribution in [2.75, 3.05) is 6.54 Å². The van der Waals surface area contributed by atoms with Crippen LogP contribution < -0.4 is 5.32 Å². The number of rotatable bonds is 4. The molecule has 0 bridgehead atoms. The maximum absolute atomic E-state index is 3.53. The van der Waals surface area contributed by atoms with Crippen LogP contribution in [0.4, 0.5) is 0 Å². The van der Waals surface area contributed by atoms with Gasteiger partial charge in [0, 0.05) is 24.0 Å². The molecule has 80 valence electrons. The van der Waals surface area contributed by atoms with E-state index < -0.39 is 0 Å². The van der Waals surface area contributed by atoms with Gasteiger partial charge in [0.1, 0.15) is 0 Å². The van der Waals surface area contributed by atoms with Gasteiger partial charge in [-0.15, -0.1) is 11.8 Å². The lowest BCUT2D eigenvalue weighted by molar-refractivity contribution is 0.701. The Balaban J connectivity index is 2.36. The quantitative estimate of drug-likeness (QED) is 0.651. The predicted molar refractivity (Wildman–Crippen MR) is 68.7 cm³/mol. The van der Waals surface area contributed by atoms with Crippen molar-refractivity contribution in [1.82, 2.24) is 5.32 Å². The molecule has 0 aliphatic rings. The van der Waals surface area contributed by atoms with Gasteiger partial charge in [-0.1, -0.05) is 28.1 Å². The number of benzene rings is 1. The van der Waals surface area contributed by atoms with E-state index in [0.717, 1.165) is 19.5 Å². The highest BCUT2D eigenvalue weighted by Crippen LogP contribution is 2.17. The summed E-state index contributed by atoms with van der Waals surface area (Å²) in [4.78, 5) is 0. The molecule has 1 rings (SSSR count). The Bertz CT molecular complexity index is 374. The Hall–Kier alpha value is -0.780. The maximum atomic E-state index is 3.53. The molecule has 0 aliphatic carbocycles.